The second kappa shape index (κ2) is 6.43. The summed E-state index contributed by atoms with van der Waals surface area (Å²) in [5.74, 6) is -1.02. The Kier molecular flexibility index (Phi) is 4.63. The molecule has 0 aliphatic carbocycles. The predicted octanol–water partition coefficient (Wildman–Crippen LogP) is 2.88. The number of hydrogen-bond donors (Lipinski definition) is 1. The maximum absolute atomic E-state index is 13.0. The molecule has 0 bridgehead atoms. The molecule has 20 heavy (non-hydrogen) atoms. The van der Waals surface area contributed by atoms with Crippen molar-refractivity contribution in [3.05, 3.63) is 59.9 Å². The topological polar surface area (TPSA) is 46.2 Å². The summed E-state index contributed by atoms with van der Waals surface area (Å²) in [7, 11) is -1.55. The number of halogens is 1. The van der Waals surface area contributed by atoms with Gasteiger partial charge in [-0.1, -0.05) is 18.2 Å². The van der Waals surface area contributed by atoms with Crippen molar-refractivity contribution in [2.75, 3.05) is 11.1 Å². The van der Waals surface area contributed by atoms with Crippen LogP contribution >= 0.6 is 0 Å². The normalized spacial score (nSPS) is 11.9. The van der Waals surface area contributed by atoms with E-state index in [2.05, 4.69) is 5.32 Å². The van der Waals surface area contributed by atoms with E-state index in [4.69, 9.17) is 0 Å². The molecule has 5 heteroatoms. The number of rotatable bonds is 4. The van der Waals surface area contributed by atoms with Gasteiger partial charge >= 0.3 is 0 Å². The third kappa shape index (κ3) is 3.99. The third-order valence-corrected chi connectivity index (χ3v) is 3.93. The molecule has 0 fully saturated rings. The summed E-state index contributed by atoms with van der Waals surface area (Å²) in [5.41, 5.74) is 1.68. The molecule has 2 rings (SSSR count). The predicted molar refractivity (Wildman–Crippen MR) is 77.5 cm³/mol. The fourth-order valence-corrected chi connectivity index (χ4v) is 2.68. The summed E-state index contributed by atoms with van der Waals surface area (Å²) in [4.78, 5) is 12.1. The van der Waals surface area contributed by atoms with Crippen molar-refractivity contribution in [2.45, 2.75) is 11.8 Å². The fourth-order valence-electron chi connectivity index (χ4n) is 1.73. The molecule has 2 aromatic carbocycles. The van der Waals surface area contributed by atoms with Crippen LogP contribution in [0.1, 0.15) is 5.56 Å². The van der Waals surface area contributed by atoms with Crippen LogP contribution in [0.3, 0.4) is 0 Å². The lowest BCUT2D eigenvalue weighted by Crippen LogP contribution is -2.19. The Morgan fingerprint density at radius 1 is 1.20 bits per heavy atom. The van der Waals surface area contributed by atoms with Gasteiger partial charge in [-0.05, 0) is 42.8 Å². The summed E-state index contributed by atoms with van der Waals surface area (Å²) in [6.07, 6.45) is 0. The molecular formula is C15H14FNO2S. The van der Waals surface area contributed by atoms with Gasteiger partial charge in [-0.15, -0.1) is 0 Å². The summed E-state index contributed by atoms with van der Waals surface area (Å²) < 4.78 is 25.0. The molecule has 1 amide bonds. The average Bonchev–Trinajstić information content (AvgIpc) is 2.38. The molecular weight excluding hydrogens is 277 g/mol. The summed E-state index contributed by atoms with van der Waals surface area (Å²) in [5, 5.41) is 2.67. The van der Waals surface area contributed by atoms with E-state index in [1.54, 1.807) is 12.1 Å². The van der Waals surface area contributed by atoms with Crippen LogP contribution in [0.25, 0.3) is 0 Å². The number of benzene rings is 2. The molecule has 3 nitrogen and oxygen atoms in total. The van der Waals surface area contributed by atoms with Gasteiger partial charge in [0.15, 0.2) is 0 Å². The zero-order valence-corrected chi connectivity index (χ0v) is 11.7. The molecule has 1 atom stereocenters. The Morgan fingerprint density at radius 2 is 1.95 bits per heavy atom. The summed E-state index contributed by atoms with van der Waals surface area (Å²) >= 11 is 0. The first kappa shape index (κ1) is 14.4. The molecule has 0 spiro atoms. The Bertz CT molecular complexity index is 658. The van der Waals surface area contributed by atoms with Gasteiger partial charge in [0.1, 0.15) is 11.6 Å². The van der Waals surface area contributed by atoms with Crippen molar-refractivity contribution in [1.82, 2.24) is 0 Å². The van der Waals surface area contributed by atoms with Crippen LogP contribution < -0.4 is 5.32 Å². The first-order valence-electron chi connectivity index (χ1n) is 6.05. The average molecular weight is 291 g/mol. The van der Waals surface area contributed by atoms with Crippen molar-refractivity contribution < 1.29 is 13.4 Å². The van der Waals surface area contributed by atoms with E-state index in [0.29, 0.717) is 10.6 Å². The second-order valence-electron chi connectivity index (χ2n) is 4.36. The highest BCUT2D eigenvalue weighted by atomic mass is 32.2. The van der Waals surface area contributed by atoms with Crippen molar-refractivity contribution in [3.8, 4) is 0 Å². The Labute approximate surface area is 119 Å². The molecule has 1 unspecified atom stereocenters. The lowest BCUT2D eigenvalue weighted by molar-refractivity contribution is -0.113. The lowest BCUT2D eigenvalue weighted by atomic mass is 10.2. The van der Waals surface area contributed by atoms with Gasteiger partial charge in [0, 0.05) is 10.6 Å². The maximum Gasteiger partial charge on any atom is 0.237 e. The van der Waals surface area contributed by atoms with Gasteiger partial charge in [0.05, 0.1) is 10.8 Å². The van der Waals surface area contributed by atoms with E-state index in [0.717, 1.165) is 5.56 Å². The molecule has 1 N–H and O–H groups in total. The number of nitrogens with one attached hydrogen (secondary N) is 1. The van der Waals surface area contributed by atoms with Gasteiger partial charge in [0.25, 0.3) is 0 Å². The highest BCUT2D eigenvalue weighted by Crippen LogP contribution is 2.11. The zero-order chi connectivity index (χ0) is 14.5. The number of amides is 1. The van der Waals surface area contributed by atoms with E-state index >= 15 is 0 Å². The van der Waals surface area contributed by atoms with E-state index in [1.807, 2.05) is 25.1 Å². The van der Waals surface area contributed by atoms with Crippen molar-refractivity contribution in [3.63, 3.8) is 0 Å². The van der Waals surface area contributed by atoms with Crippen LogP contribution in [0, 0.1) is 12.7 Å². The van der Waals surface area contributed by atoms with E-state index in [-0.39, 0.29) is 11.7 Å². The van der Waals surface area contributed by atoms with E-state index in [9.17, 15) is 13.4 Å². The second-order valence-corrected chi connectivity index (χ2v) is 5.82. The van der Waals surface area contributed by atoms with Gasteiger partial charge in [-0.25, -0.2) is 4.39 Å². The number of carbonyl (C=O) groups excluding carboxylic acids is 1. The number of aryl methyl sites for hydroxylation is 1. The molecule has 0 aliphatic heterocycles. The van der Waals surface area contributed by atoms with E-state index < -0.39 is 16.6 Å². The number of hydrogen-bond acceptors (Lipinski definition) is 2. The number of anilines is 1. The van der Waals surface area contributed by atoms with Gasteiger partial charge < -0.3 is 5.32 Å². The fraction of sp³-hybridized carbons (Fsp3) is 0.133. The lowest BCUT2D eigenvalue weighted by Gasteiger charge is -2.06. The van der Waals surface area contributed by atoms with Crippen molar-refractivity contribution in [2.24, 2.45) is 0 Å². The van der Waals surface area contributed by atoms with Crippen molar-refractivity contribution >= 4 is 22.4 Å². The first-order valence-corrected chi connectivity index (χ1v) is 7.37. The smallest absolute Gasteiger partial charge is 0.237 e. The SMILES string of the molecule is Cc1cccc(NC(=O)CS(=O)c2cccc(F)c2)c1. The zero-order valence-electron chi connectivity index (χ0n) is 10.9. The third-order valence-electron chi connectivity index (χ3n) is 2.62. The minimum Gasteiger partial charge on any atom is -0.325 e. The molecule has 104 valence electrons. The van der Waals surface area contributed by atoms with E-state index in [1.165, 1.54) is 18.2 Å². The molecule has 0 saturated heterocycles. The standard InChI is InChI=1S/C15H14FNO2S/c1-11-4-2-6-13(8-11)17-15(18)10-20(19)14-7-3-5-12(16)9-14/h2-9H,10H2,1H3,(H,17,18). The van der Waals surface area contributed by atoms with Crippen LogP contribution in [0.5, 0.6) is 0 Å². The van der Waals surface area contributed by atoms with Crippen molar-refractivity contribution in [1.29, 1.82) is 0 Å². The van der Waals surface area contributed by atoms with Crippen LogP contribution in [-0.4, -0.2) is 15.9 Å². The van der Waals surface area contributed by atoms with Crippen LogP contribution in [-0.2, 0) is 15.6 Å². The monoisotopic (exact) mass is 291 g/mol. The maximum atomic E-state index is 13.0. The molecule has 2 aromatic rings. The van der Waals surface area contributed by atoms with Gasteiger partial charge in [-0.2, -0.15) is 0 Å². The van der Waals surface area contributed by atoms with Gasteiger partial charge in [-0.3, -0.25) is 9.00 Å². The molecule has 0 saturated carbocycles. The van der Waals surface area contributed by atoms with Crippen LogP contribution in [0.2, 0.25) is 0 Å². The Hall–Kier alpha value is -2.01. The van der Waals surface area contributed by atoms with Crippen LogP contribution in [0.15, 0.2) is 53.4 Å². The molecule has 0 aromatic heterocycles. The number of carbonyl (C=O) groups is 1. The molecule has 0 aliphatic rings. The summed E-state index contributed by atoms with van der Waals surface area (Å²) in [6.45, 7) is 1.92. The Morgan fingerprint density at radius 3 is 2.65 bits per heavy atom. The van der Waals surface area contributed by atoms with Crippen LogP contribution in [0.4, 0.5) is 10.1 Å². The largest absolute Gasteiger partial charge is 0.325 e. The Balaban J connectivity index is 1.99. The minimum absolute atomic E-state index is 0.197. The highest BCUT2D eigenvalue weighted by molar-refractivity contribution is 7.85. The minimum atomic E-state index is -1.55. The highest BCUT2D eigenvalue weighted by Gasteiger charge is 2.11. The van der Waals surface area contributed by atoms with Gasteiger partial charge in [0.2, 0.25) is 5.91 Å². The summed E-state index contributed by atoms with van der Waals surface area (Å²) in [6, 6.07) is 12.8. The molecule has 0 radical (unpaired) electrons. The molecule has 0 heterocycles. The quantitative estimate of drug-likeness (QED) is 0.941. The first-order chi connectivity index (χ1) is 9.54.